The maximum atomic E-state index is 14.4. The minimum atomic E-state index is -0.607. The quantitative estimate of drug-likeness (QED) is 0.694. The van der Waals surface area contributed by atoms with Crippen LogP contribution in [0.3, 0.4) is 0 Å². The van der Waals surface area contributed by atoms with Gasteiger partial charge >= 0.3 is 0 Å². The number of nitrogens with zero attached hydrogens (tertiary/aromatic N) is 3. The molecule has 2 aliphatic heterocycles. The summed E-state index contributed by atoms with van der Waals surface area (Å²) in [6.45, 7) is 10.4. The highest BCUT2D eigenvalue weighted by atomic mass is 19.1. The monoisotopic (exact) mass is 425 g/mol. The Bertz CT molecular complexity index is 891. The predicted octanol–water partition coefficient (Wildman–Crippen LogP) is 3.49. The van der Waals surface area contributed by atoms with Crippen LogP contribution < -0.4 is 0 Å². The van der Waals surface area contributed by atoms with Crippen LogP contribution in [0, 0.1) is 11.2 Å². The van der Waals surface area contributed by atoms with Gasteiger partial charge in [0.2, 0.25) is 5.91 Å². The topological polar surface area (TPSA) is 43.9 Å². The van der Waals surface area contributed by atoms with Gasteiger partial charge in [0.1, 0.15) is 5.82 Å². The number of piperazine rings is 1. The van der Waals surface area contributed by atoms with Crippen LogP contribution in [0.15, 0.2) is 48.6 Å². The third kappa shape index (κ3) is 4.18. The zero-order chi connectivity index (χ0) is 22.0. The molecule has 4 rings (SSSR count). The largest absolute Gasteiger partial charge is 0.340 e. The summed E-state index contributed by atoms with van der Waals surface area (Å²) in [7, 11) is 0. The van der Waals surface area contributed by atoms with E-state index in [0.29, 0.717) is 26.1 Å². The molecule has 0 bridgehead atoms. The number of amides is 2. The SMILES string of the molecule is C=C(C)CN1CCN(C(=O)[C@@]23CC=CCN(C(=O)c4ccccc4F)[C@@H]2CCC3)CC1. The number of carbonyl (C=O) groups is 2. The van der Waals surface area contributed by atoms with E-state index in [-0.39, 0.29) is 23.4 Å². The molecule has 166 valence electrons. The third-order valence-corrected chi connectivity index (χ3v) is 7.01. The molecule has 6 heteroatoms. The Morgan fingerprint density at radius 1 is 1.16 bits per heavy atom. The first-order chi connectivity index (χ1) is 14.9. The van der Waals surface area contributed by atoms with Gasteiger partial charge in [-0.2, -0.15) is 0 Å². The second kappa shape index (κ2) is 8.95. The number of rotatable bonds is 4. The van der Waals surface area contributed by atoms with Crippen molar-refractivity contribution in [3.63, 3.8) is 0 Å². The van der Waals surface area contributed by atoms with Crippen LogP contribution in [0.25, 0.3) is 0 Å². The molecule has 2 heterocycles. The highest BCUT2D eigenvalue weighted by molar-refractivity contribution is 5.96. The van der Waals surface area contributed by atoms with E-state index in [1.165, 1.54) is 12.1 Å². The van der Waals surface area contributed by atoms with Crippen LogP contribution >= 0.6 is 0 Å². The average molecular weight is 426 g/mol. The van der Waals surface area contributed by atoms with Gasteiger partial charge in [0, 0.05) is 45.3 Å². The van der Waals surface area contributed by atoms with Crippen LogP contribution in [0.2, 0.25) is 0 Å². The first-order valence-corrected chi connectivity index (χ1v) is 11.3. The molecular formula is C25H32FN3O2. The summed E-state index contributed by atoms with van der Waals surface area (Å²) in [5, 5.41) is 0. The molecule has 0 radical (unpaired) electrons. The lowest BCUT2D eigenvalue weighted by molar-refractivity contribution is -0.146. The van der Waals surface area contributed by atoms with Gasteiger partial charge in [-0.1, -0.05) is 42.9 Å². The highest BCUT2D eigenvalue weighted by Crippen LogP contribution is 2.47. The molecule has 0 aromatic heterocycles. The smallest absolute Gasteiger partial charge is 0.257 e. The summed E-state index contributed by atoms with van der Waals surface area (Å²) < 4.78 is 14.4. The Morgan fingerprint density at radius 2 is 1.90 bits per heavy atom. The minimum Gasteiger partial charge on any atom is -0.340 e. The number of hydrogen-bond donors (Lipinski definition) is 0. The van der Waals surface area contributed by atoms with Crippen LogP contribution in [0.1, 0.15) is 43.0 Å². The normalized spacial score (nSPS) is 26.5. The number of hydrogen-bond acceptors (Lipinski definition) is 3. The lowest BCUT2D eigenvalue weighted by Gasteiger charge is -2.44. The molecular weight excluding hydrogens is 393 g/mol. The van der Waals surface area contributed by atoms with E-state index in [1.54, 1.807) is 17.0 Å². The number of allylic oxidation sites excluding steroid dienone is 1. The summed E-state index contributed by atoms with van der Waals surface area (Å²) in [4.78, 5) is 33.2. The van der Waals surface area contributed by atoms with Crippen LogP contribution in [0.4, 0.5) is 4.39 Å². The fourth-order valence-electron chi connectivity index (χ4n) is 5.51. The van der Waals surface area contributed by atoms with Gasteiger partial charge in [-0.05, 0) is 38.3 Å². The molecule has 1 saturated carbocycles. The van der Waals surface area contributed by atoms with E-state index in [1.807, 2.05) is 24.0 Å². The van der Waals surface area contributed by atoms with Crippen molar-refractivity contribution < 1.29 is 14.0 Å². The molecule has 3 aliphatic rings. The first-order valence-electron chi connectivity index (χ1n) is 11.3. The van der Waals surface area contributed by atoms with Gasteiger partial charge in [0.15, 0.2) is 0 Å². The number of carbonyl (C=O) groups excluding carboxylic acids is 2. The zero-order valence-electron chi connectivity index (χ0n) is 18.4. The van der Waals surface area contributed by atoms with Crippen molar-refractivity contribution in [2.24, 2.45) is 5.41 Å². The standard InChI is InChI=1S/C25H32FN3O2/c1-19(2)18-27-14-16-28(17-15-27)24(31)25-11-5-6-13-29(22(25)10-7-12-25)23(30)20-8-3-4-9-21(20)26/h3-6,8-9,22H,1,7,10-18H2,2H3/t22-,25-/m1/s1. The minimum absolute atomic E-state index is 0.0828. The van der Waals surface area contributed by atoms with Crippen molar-refractivity contribution in [3.05, 3.63) is 60.0 Å². The van der Waals surface area contributed by atoms with E-state index in [4.69, 9.17) is 0 Å². The molecule has 2 fully saturated rings. The van der Waals surface area contributed by atoms with Gasteiger partial charge in [0.25, 0.3) is 5.91 Å². The van der Waals surface area contributed by atoms with Crippen molar-refractivity contribution in [1.82, 2.24) is 14.7 Å². The lowest BCUT2D eigenvalue weighted by Crippen LogP contribution is -2.58. The van der Waals surface area contributed by atoms with Crippen molar-refractivity contribution in [1.29, 1.82) is 0 Å². The Balaban J connectivity index is 1.56. The van der Waals surface area contributed by atoms with Crippen LogP contribution in [-0.2, 0) is 4.79 Å². The van der Waals surface area contributed by atoms with Crippen molar-refractivity contribution in [2.75, 3.05) is 39.3 Å². The second-order valence-corrected chi connectivity index (χ2v) is 9.20. The molecule has 0 unspecified atom stereocenters. The first kappa shape index (κ1) is 21.8. The van der Waals surface area contributed by atoms with Gasteiger partial charge in [-0.15, -0.1) is 0 Å². The average Bonchev–Trinajstić information content (AvgIpc) is 3.09. The van der Waals surface area contributed by atoms with Gasteiger partial charge < -0.3 is 9.80 Å². The Morgan fingerprint density at radius 3 is 2.61 bits per heavy atom. The maximum absolute atomic E-state index is 14.4. The van der Waals surface area contributed by atoms with E-state index in [0.717, 1.165) is 44.5 Å². The summed E-state index contributed by atoms with van der Waals surface area (Å²) in [6.07, 6.45) is 7.10. The number of fused-ring (bicyclic) bond motifs is 1. The molecule has 1 saturated heterocycles. The predicted molar refractivity (Wildman–Crippen MR) is 119 cm³/mol. The summed E-state index contributed by atoms with van der Waals surface area (Å²) in [5.74, 6) is -0.674. The van der Waals surface area contributed by atoms with E-state index in [2.05, 4.69) is 11.5 Å². The number of halogens is 1. The van der Waals surface area contributed by atoms with Gasteiger partial charge in [-0.25, -0.2) is 4.39 Å². The Labute approximate surface area is 184 Å². The summed E-state index contributed by atoms with van der Waals surface area (Å²) in [6, 6.07) is 5.92. The maximum Gasteiger partial charge on any atom is 0.257 e. The molecule has 0 spiro atoms. The van der Waals surface area contributed by atoms with Crippen molar-refractivity contribution in [2.45, 2.75) is 38.6 Å². The van der Waals surface area contributed by atoms with Crippen LogP contribution in [-0.4, -0.2) is 71.8 Å². The fraction of sp³-hybridized carbons (Fsp3) is 0.520. The third-order valence-electron chi connectivity index (χ3n) is 7.01. The van der Waals surface area contributed by atoms with Crippen LogP contribution in [0.5, 0.6) is 0 Å². The Kier molecular flexibility index (Phi) is 6.28. The molecule has 5 nitrogen and oxygen atoms in total. The summed E-state index contributed by atoms with van der Waals surface area (Å²) in [5.41, 5.74) is 0.606. The van der Waals surface area contributed by atoms with Crippen molar-refractivity contribution >= 4 is 11.8 Å². The van der Waals surface area contributed by atoms with Gasteiger partial charge in [0.05, 0.1) is 11.0 Å². The molecule has 1 aliphatic carbocycles. The molecule has 0 N–H and O–H groups in total. The molecule has 2 amide bonds. The highest BCUT2D eigenvalue weighted by Gasteiger charge is 2.53. The number of benzene rings is 1. The van der Waals surface area contributed by atoms with Gasteiger partial charge in [-0.3, -0.25) is 14.5 Å². The molecule has 31 heavy (non-hydrogen) atoms. The second-order valence-electron chi connectivity index (χ2n) is 9.20. The Hall–Kier alpha value is -2.47. The van der Waals surface area contributed by atoms with E-state index < -0.39 is 11.2 Å². The summed E-state index contributed by atoms with van der Waals surface area (Å²) >= 11 is 0. The fourth-order valence-corrected chi connectivity index (χ4v) is 5.51. The van der Waals surface area contributed by atoms with E-state index in [9.17, 15) is 14.0 Å². The molecule has 1 aromatic carbocycles. The zero-order valence-corrected chi connectivity index (χ0v) is 18.4. The molecule has 1 aromatic rings. The van der Waals surface area contributed by atoms with E-state index >= 15 is 0 Å². The lowest BCUT2D eigenvalue weighted by atomic mass is 9.77. The molecule has 2 atom stereocenters. The van der Waals surface area contributed by atoms with Crippen molar-refractivity contribution in [3.8, 4) is 0 Å².